The first kappa shape index (κ1) is 14.3. The van der Waals surface area contributed by atoms with Crippen LogP contribution in [0.5, 0.6) is 0 Å². The highest BCUT2D eigenvalue weighted by Gasteiger charge is 2.21. The Labute approximate surface area is 129 Å². The predicted molar refractivity (Wildman–Crippen MR) is 89.1 cm³/mol. The standard InChI is InChI=1S/C18H19N3O/c1-18(2,3)21-12-15(14-8-4-5-9-16(14)21)17(22)20-13-7-6-10-19-11-13/h4-12H,1-3H3,(H,20,22). The maximum Gasteiger partial charge on any atom is 0.257 e. The molecule has 2 heterocycles. The molecule has 0 fully saturated rings. The van der Waals surface area contributed by atoms with Crippen molar-refractivity contribution in [1.29, 1.82) is 0 Å². The van der Waals surface area contributed by atoms with Gasteiger partial charge < -0.3 is 9.88 Å². The first-order valence-electron chi connectivity index (χ1n) is 7.29. The maximum atomic E-state index is 12.6. The van der Waals surface area contributed by atoms with E-state index in [9.17, 15) is 4.79 Å². The summed E-state index contributed by atoms with van der Waals surface area (Å²) in [4.78, 5) is 16.6. The van der Waals surface area contributed by atoms with Gasteiger partial charge in [-0.25, -0.2) is 0 Å². The van der Waals surface area contributed by atoms with Crippen molar-refractivity contribution in [2.24, 2.45) is 0 Å². The number of hydrogen-bond acceptors (Lipinski definition) is 2. The van der Waals surface area contributed by atoms with Gasteiger partial charge in [0.1, 0.15) is 0 Å². The van der Waals surface area contributed by atoms with E-state index < -0.39 is 0 Å². The fraction of sp³-hybridized carbons (Fsp3) is 0.222. The van der Waals surface area contributed by atoms with Gasteiger partial charge in [-0.15, -0.1) is 0 Å². The molecule has 0 saturated heterocycles. The number of carbonyl (C=O) groups is 1. The molecule has 1 N–H and O–H groups in total. The Morgan fingerprint density at radius 2 is 1.91 bits per heavy atom. The molecular formula is C18H19N3O. The Balaban J connectivity index is 2.06. The molecule has 1 amide bonds. The molecule has 0 spiro atoms. The second-order valence-electron chi connectivity index (χ2n) is 6.30. The molecule has 22 heavy (non-hydrogen) atoms. The number of benzene rings is 1. The van der Waals surface area contributed by atoms with E-state index in [-0.39, 0.29) is 11.4 Å². The van der Waals surface area contributed by atoms with Crippen molar-refractivity contribution >= 4 is 22.5 Å². The van der Waals surface area contributed by atoms with Crippen molar-refractivity contribution in [2.45, 2.75) is 26.3 Å². The summed E-state index contributed by atoms with van der Waals surface area (Å²) < 4.78 is 2.14. The highest BCUT2D eigenvalue weighted by Crippen LogP contribution is 2.28. The zero-order valence-electron chi connectivity index (χ0n) is 13.0. The van der Waals surface area contributed by atoms with Crippen LogP contribution in [0.1, 0.15) is 31.1 Å². The molecule has 112 valence electrons. The number of anilines is 1. The Bertz CT molecular complexity index is 813. The molecule has 3 aromatic rings. The molecule has 0 saturated carbocycles. The third kappa shape index (κ3) is 2.60. The number of nitrogens with zero attached hydrogens (tertiary/aromatic N) is 2. The molecule has 0 atom stereocenters. The zero-order valence-corrected chi connectivity index (χ0v) is 13.0. The van der Waals surface area contributed by atoms with E-state index in [0.29, 0.717) is 11.3 Å². The molecule has 0 aliphatic rings. The molecule has 4 nitrogen and oxygen atoms in total. The summed E-state index contributed by atoms with van der Waals surface area (Å²) in [5.41, 5.74) is 2.34. The quantitative estimate of drug-likeness (QED) is 0.775. The first-order chi connectivity index (χ1) is 10.5. The molecule has 0 aliphatic heterocycles. The van der Waals surface area contributed by atoms with Crippen LogP contribution in [0.25, 0.3) is 10.9 Å². The van der Waals surface area contributed by atoms with Gasteiger partial charge in [-0.1, -0.05) is 18.2 Å². The number of para-hydroxylation sites is 1. The van der Waals surface area contributed by atoms with Crippen molar-refractivity contribution in [2.75, 3.05) is 5.32 Å². The molecule has 1 aromatic carbocycles. The van der Waals surface area contributed by atoms with Crippen LogP contribution in [0.4, 0.5) is 5.69 Å². The molecule has 4 heteroatoms. The van der Waals surface area contributed by atoms with Gasteiger partial charge >= 0.3 is 0 Å². The molecule has 0 radical (unpaired) electrons. The number of nitrogens with one attached hydrogen (secondary N) is 1. The minimum absolute atomic E-state index is 0.0908. The summed E-state index contributed by atoms with van der Waals surface area (Å²) in [5, 5.41) is 3.86. The lowest BCUT2D eigenvalue weighted by Crippen LogP contribution is -2.20. The average Bonchev–Trinajstić information content (AvgIpc) is 2.88. The predicted octanol–water partition coefficient (Wildman–Crippen LogP) is 4.04. The first-order valence-corrected chi connectivity index (χ1v) is 7.29. The number of aromatic nitrogens is 2. The molecular weight excluding hydrogens is 274 g/mol. The SMILES string of the molecule is CC(C)(C)n1cc(C(=O)Nc2cccnc2)c2ccccc21. The van der Waals surface area contributed by atoms with Gasteiger partial charge in [0, 0.05) is 28.8 Å². The maximum absolute atomic E-state index is 12.6. The number of hydrogen-bond donors (Lipinski definition) is 1. The minimum Gasteiger partial charge on any atom is -0.341 e. The lowest BCUT2D eigenvalue weighted by atomic mass is 10.1. The van der Waals surface area contributed by atoms with E-state index in [1.807, 2.05) is 36.5 Å². The fourth-order valence-corrected chi connectivity index (χ4v) is 2.55. The number of rotatable bonds is 2. The van der Waals surface area contributed by atoms with Gasteiger partial charge in [0.15, 0.2) is 0 Å². The van der Waals surface area contributed by atoms with E-state index >= 15 is 0 Å². The summed E-state index contributed by atoms with van der Waals surface area (Å²) in [6.07, 6.45) is 5.25. The highest BCUT2D eigenvalue weighted by molar-refractivity contribution is 6.13. The monoisotopic (exact) mass is 293 g/mol. The Hall–Kier alpha value is -2.62. The van der Waals surface area contributed by atoms with Crippen LogP contribution in [0, 0.1) is 0 Å². The fourth-order valence-electron chi connectivity index (χ4n) is 2.55. The lowest BCUT2D eigenvalue weighted by Gasteiger charge is -2.22. The normalized spacial score (nSPS) is 11.6. The smallest absolute Gasteiger partial charge is 0.257 e. The zero-order chi connectivity index (χ0) is 15.7. The highest BCUT2D eigenvalue weighted by atomic mass is 16.1. The number of carbonyl (C=O) groups excluding carboxylic acids is 1. The van der Waals surface area contributed by atoms with E-state index in [1.165, 1.54) is 0 Å². The summed E-state index contributed by atoms with van der Waals surface area (Å²) in [6, 6.07) is 11.6. The van der Waals surface area contributed by atoms with Crippen molar-refractivity contribution in [3.8, 4) is 0 Å². The average molecular weight is 293 g/mol. The van der Waals surface area contributed by atoms with Crippen LogP contribution in [-0.4, -0.2) is 15.5 Å². The van der Waals surface area contributed by atoms with Gasteiger partial charge in [0.25, 0.3) is 5.91 Å². The Kier molecular flexibility index (Phi) is 3.45. The van der Waals surface area contributed by atoms with Crippen LogP contribution in [-0.2, 0) is 5.54 Å². The van der Waals surface area contributed by atoms with E-state index in [1.54, 1.807) is 18.5 Å². The third-order valence-corrected chi connectivity index (χ3v) is 3.60. The van der Waals surface area contributed by atoms with E-state index in [2.05, 4.69) is 35.6 Å². The number of fused-ring (bicyclic) bond motifs is 1. The van der Waals surface area contributed by atoms with Crippen LogP contribution < -0.4 is 5.32 Å². The van der Waals surface area contributed by atoms with E-state index in [4.69, 9.17) is 0 Å². The van der Waals surface area contributed by atoms with Gasteiger partial charge in [0.05, 0.1) is 17.4 Å². The van der Waals surface area contributed by atoms with Crippen LogP contribution in [0.15, 0.2) is 55.0 Å². The van der Waals surface area contributed by atoms with Crippen LogP contribution in [0.2, 0.25) is 0 Å². The second kappa shape index (κ2) is 5.30. The van der Waals surface area contributed by atoms with Crippen molar-refractivity contribution < 1.29 is 4.79 Å². The van der Waals surface area contributed by atoms with Crippen molar-refractivity contribution in [3.63, 3.8) is 0 Å². The van der Waals surface area contributed by atoms with Crippen molar-refractivity contribution in [3.05, 3.63) is 60.6 Å². The third-order valence-electron chi connectivity index (χ3n) is 3.60. The van der Waals surface area contributed by atoms with Gasteiger partial charge in [0.2, 0.25) is 0 Å². The van der Waals surface area contributed by atoms with Gasteiger partial charge in [-0.3, -0.25) is 9.78 Å². The number of pyridine rings is 1. The van der Waals surface area contributed by atoms with E-state index in [0.717, 1.165) is 10.9 Å². The second-order valence-corrected chi connectivity index (χ2v) is 6.30. The Morgan fingerprint density at radius 1 is 1.14 bits per heavy atom. The van der Waals surface area contributed by atoms with Gasteiger partial charge in [-0.2, -0.15) is 0 Å². The lowest BCUT2D eigenvalue weighted by molar-refractivity contribution is 0.102. The van der Waals surface area contributed by atoms with Crippen LogP contribution >= 0.6 is 0 Å². The summed E-state index contributed by atoms with van der Waals surface area (Å²) in [6.45, 7) is 6.38. The largest absolute Gasteiger partial charge is 0.341 e. The minimum atomic E-state index is -0.118. The topological polar surface area (TPSA) is 46.9 Å². The van der Waals surface area contributed by atoms with Gasteiger partial charge in [-0.05, 0) is 39.0 Å². The molecule has 0 unspecified atom stereocenters. The van der Waals surface area contributed by atoms with Crippen LogP contribution in [0.3, 0.4) is 0 Å². The summed E-state index contributed by atoms with van der Waals surface area (Å²) in [5.74, 6) is -0.118. The molecule has 3 rings (SSSR count). The number of amides is 1. The molecule has 2 aromatic heterocycles. The summed E-state index contributed by atoms with van der Waals surface area (Å²) >= 11 is 0. The molecule has 0 bridgehead atoms. The Morgan fingerprint density at radius 3 is 2.59 bits per heavy atom. The molecule has 0 aliphatic carbocycles. The van der Waals surface area contributed by atoms with Crippen molar-refractivity contribution in [1.82, 2.24) is 9.55 Å². The summed E-state index contributed by atoms with van der Waals surface area (Å²) in [7, 11) is 0.